The maximum Gasteiger partial charge on any atom is 0.353 e. The van der Waals surface area contributed by atoms with Gasteiger partial charge >= 0.3 is 12.2 Å². The van der Waals surface area contributed by atoms with E-state index in [4.69, 9.17) is 79.2 Å². The van der Waals surface area contributed by atoms with Crippen molar-refractivity contribution in [1.82, 2.24) is 25.2 Å². The number of hydrogen-bond acceptors (Lipinski definition) is 21. The van der Waals surface area contributed by atoms with Gasteiger partial charge in [0.15, 0.2) is 47.5 Å². The van der Waals surface area contributed by atoms with Crippen LogP contribution in [0.4, 0.5) is 26.3 Å². The number of ketones is 4. The number of aliphatic hydroxyl groups is 4. The topological polar surface area (TPSA) is 325 Å². The van der Waals surface area contributed by atoms with Gasteiger partial charge in [0.25, 0.3) is 0 Å². The highest BCUT2D eigenvalue weighted by molar-refractivity contribution is 6.31. The van der Waals surface area contributed by atoms with Crippen LogP contribution in [0.15, 0.2) is 132 Å². The van der Waals surface area contributed by atoms with Crippen LogP contribution in [0.3, 0.4) is 0 Å². The van der Waals surface area contributed by atoms with E-state index < -0.39 is 73.3 Å². The van der Waals surface area contributed by atoms with Crippen molar-refractivity contribution in [2.75, 3.05) is 13.2 Å². The number of alkyl halides is 4. The maximum absolute atomic E-state index is 14.0. The van der Waals surface area contributed by atoms with Crippen LogP contribution in [-0.4, -0.2) is 155 Å². The number of aliphatic hydroxyl groups excluding tert-OH is 4. The zero-order chi connectivity index (χ0) is 98.7. The zero-order valence-corrected chi connectivity index (χ0v) is 81.1. The van der Waals surface area contributed by atoms with E-state index in [-0.39, 0.29) is 130 Å². The molecule has 748 valence electrons. The van der Waals surface area contributed by atoms with Crippen molar-refractivity contribution < 1.29 is 118 Å². The van der Waals surface area contributed by atoms with E-state index in [0.717, 1.165) is 127 Å². The van der Waals surface area contributed by atoms with Gasteiger partial charge in [0.2, 0.25) is 17.7 Å². The van der Waals surface area contributed by atoms with Gasteiger partial charge in [-0.05, 0) is 253 Å². The molecule has 24 nitrogen and oxygen atoms in total. The number of nitrogens with one attached hydrogen (secondary N) is 2. The van der Waals surface area contributed by atoms with Crippen molar-refractivity contribution in [3.63, 3.8) is 0 Å². The Labute approximate surface area is 826 Å². The van der Waals surface area contributed by atoms with Crippen molar-refractivity contribution in [3.8, 4) is 45.7 Å². The third-order valence-electron chi connectivity index (χ3n) is 32.2. The molecule has 2 aromatic heterocycles. The van der Waals surface area contributed by atoms with Gasteiger partial charge in [0.05, 0.1) is 67.0 Å². The van der Waals surface area contributed by atoms with Gasteiger partial charge in [-0.25, -0.2) is 18.7 Å². The molecule has 0 unspecified atom stereocenters. The number of fused-ring (bicyclic) bond motifs is 10. The van der Waals surface area contributed by atoms with Crippen LogP contribution in [0.2, 0.25) is 20.1 Å². The maximum atomic E-state index is 14.0. The molecule has 2 amide bonds. The highest BCUT2D eigenvalue weighted by atomic mass is 35.5. The lowest BCUT2D eigenvalue weighted by molar-refractivity contribution is -0.276. The van der Waals surface area contributed by atoms with Crippen molar-refractivity contribution >= 4 is 81.4 Å². The number of halogens is 10. The number of amides is 2. The molecule has 0 spiro atoms. The summed E-state index contributed by atoms with van der Waals surface area (Å²) in [5.74, 6) is 3.79. The summed E-state index contributed by atoms with van der Waals surface area (Å²) in [5.41, 5.74) is 4.94. The molecule has 13 saturated carbocycles. The van der Waals surface area contributed by atoms with Crippen LogP contribution < -0.4 is 29.6 Å². The minimum atomic E-state index is -3.16. The summed E-state index contributed by atoms with van der Waals surface area (Å²) in [7, 11) is 0. The molecule has 34 heteroatoms. The molecule has 0 saturated heterocycles. The molecule has 8 bridgehead atoms. The lowest BCUT2D eigenvalue weighted by Gasteiger charge is -2.69. The number of imidazole rings is 1. The highest BCUT2D eigenvalue weighted by Crippen LogP contribution is 2.75. The smallest absolute Gasteiger partial charge is 0.353 e. The molecule has 17 aliphatic rings. The fourth-order valence-electron chi connectivity index (χ4n) is 25.0. The number of aromatic nitrogens is 3. The molecule has 6 aromatic carbocycles. The fourth-order valence-corrected chi connectivity index (χ4v) is 25.7. The molecule has 12 atom stereocenters. The first kappa shape index (κ1) is 99.7. The van der Waals surface area contributed by atoms with E-state index in [1.807, 2.05) is 18.6 Å². The number of carbonyl (C=O) groups is 6. The van der Waals surface area contributed by atoms with E-state index in [1.54, 1.807) is 117 Å². The second kappa shape index (κ2) is 39.2. The normalized spacial score (nSPS) is 32.2. The van der Waals surface area contributed by atoms with Crippen molar-refractivity contribution in [2.24, 2.45) is 34.0 Å². The van der Waals surface area contributed by atoms with Crippen LogP contribution in [0.5, 0.6) is 23.0 Å². The first-order valence-electron chi connectivity index (χ1n) is 48.6. The van der Waals surface area contributed by atoms with Crippen molar-refractivity contribution in [3.05, 3.63) is 199 Å². The number of nitrogens with zero attached hydrogens (tertiary/aromatic N) is 3. The fraction of sp³-hybridized carbons (Fsp3) is 0.547. The molecule has 6 N–H and O–H groups in total. The lowest BCUT2D eigenvalue weighted by atomic mass is 9.33. The monoisotopic (exact) mass is 2020 g/mol. The lowest BCUT2D eigenvalue weighted by Crippen LogP contribution is -2.65. The predicted molar refractivity (Wildman–Crippen MR) is 502 cm³/mol. The average molecular weight is 2020 g/mol. The number of aryl methyl sites for hydroxylation is 2. The molecule has 25 rings (SSSR count). The summed E-state index contributed by atoms with van der Waals surface area (Å²) >= 11 is 24.1. The van der Waals surface area contributed by atoms with E-state index in [2.05, 4.69) is 34.6 Å². The zero-order valence-electron chi connectivity index (χ0n) is 78.1. The Morgan fingerprint density at radius 1 is 0.457 bits per heavy atom. The first-order valence-corrected chi connectivity index (χ1v) is 50.2. The van der Waals surface area contributed by atoms with Crippen molar-refractivity contribution in [2.45, 2.75) is 315 Å². The number of rotatable bonds is 28. The predicted octanol–water partition coefficient (Wildman–Crippen LogP) is 20.7. The Hall–Kier alpha value is -9.02. The molecule has 8 aromatic rings. The second-order valence-electron chi connectivity index (χ2n) is 42.7. The number of carbonyl (C=O) groups excluding carboxylic acids is 6. The Balaban J connectivity index is 0.000000119. The largest absolute Gasteiger partial charge is 0.482 e. The number of Topliss-reactive ketones (excluding diaryl/α,β-unsaturated/α-hetero) is 4. The van der Waals surface area contributed by atoms with Gasteiger partial charge in [-0.2, -0.15) is 17.6 Å². The Morgan fingerprint density at radius 3 is 1.30 bits per heavy atom. The minimum Gasteiger partial charge on any atom is -0.482 e. The van der Waals surface area contributed by atoms with Gasteiger partial charge < -0.3 is 77.9 Å². The molecule has 13 fully saturated rings. The third kappa shape index (κ3) is 21.7. The van der Waals surface area contributed by atoms with Gasteiger partial charge in [0.1, 0.15) is 53.6 Å². The van der Waals surface area contributed by atoms with E-state index in [0.29, 0.717) is 170 Å². The first-order chi connectivity index (χ1) is 66.5. The van der Waals surface area contributed by atoms with Gasteiger partial charge in [-0.15, -0.1) is 0 Å². The van der Waals surface area contributed by atoms with Crippen LogP contribution in [-0.2, 0) is 53.1 Å². The van der Waals surface area contributed by atoms with Gasteiger partial charge in [0, 0.05) is 173 Å². The summed E-state index contributed by atoms with van der Waals surface area (Å²) in [6.07, 6.45) is 9.80. The molecule has 0 radical (unpaired) electrons. The molecule has 13 aliphatic carbocycles. The average Bonchev–Trinajstić information content (AvgIpc) is 1.03. The number of oxazole rings is 1. The standard InChI is InChI=1S/C28H28ClFN2O3.C27H34ClF2NO6.C26H23ClFNO4.C25H30ClF2NO6/c1-15-2-3-16(8-22(15)30)23-13-32(14-31-23)24-9-17-6-19(24)7-18(17)10-26(34)28-12-25(33)21-11-20(29)4-5-27(21)35-28;1-25(29,30)37-18-11-17(12-18)35-15-24(34)31-27-7-4-26(5-8-27,6-9-27)14-21(33)23-13-20(32)19-10-16(28)2-3-22(19)36-23;1-14-2-3-15(6-18(14)28)24-29-10-23(33-24)26-11-25(12-26,13-26)9-20(31)22-8-19(30)17-7-16(27)4-5-21(17)32-22;1-23(27,28)35-16-7-15(8-16)33-11-22(32)29-25-5-4-24(12-25,13-25)10-19(31)21-9-18(30)17-6-14(26)2-3-20(17)34-21/h2-5,8,11,13-14,17-19,24-25,28,33H,6-7,9-10,12H2,1H3;2-3,10,17-18,20,23,32H,4-9,11-15H2,1H3,(H,31,34);2-7,10,19,22,30H,8-9,11-13H2,1H3;2-3,6,15-16,18,21,30H,4-5,7-13H2,1H3,(H,29,32)/t17-,18-,19-,24+,25-,28-;17?,18?,20-,23-,26?,27?;19-,22-,25?,26?;15?,16?,18-,21-,24?,25?/m1111/s1. The van der Waals surface area contributed by atoms with E-state index in [9.17, 15) is 75.5 Å². The highest BCUT2D eigenvalue weighted by Gasteiger charge is 2.71. The van der Waals surface area contributed by atoms with E-state index in [1.165, 1.54) is 6.07 Å². The summed E-state index contributed by atoms with van der Waals surface area (Å²) in [5, 5.41) is 50.3. The number of benzene rings is 6. The number of ether oxygens (including phenoxy) is 8. The molecule has 140 heavy (non-hydrogen) atoms. The second-order valence-corrected chi connectivity index (χ2v) is 44.4. The van der Waals surface area contributed by atoms with Gasteiger partial charge in [-0.1, -0.05) is 64.6 Å². The SMILES string of the molecule is CC(F)(F)OC1CC(OCC(=O)NC23CCC(CC(=O)[C@H]4C[C@@H](O)c5cc(Cl)ccc5O4)(C2)C3)C1.CC(F)(F)OC1CC(OCC(=O)NC23CCC(CC(=O)[C@H]4C[C@@H](O)c5cc(Cl)ccc5O4)(CC2)CC3)C1.Cc1ccc(-c2cn([C@H]3C[C@H]4C[C@@H]3C[C@@H]4CC(=O)[C@H]3C[C@@H](O)c4cc(Cl)ccc4O3)cn2)cc1F.Cc1ccc(-c2ncc(C34CC(CC(=O)[C@H]5C[C@@H](O)c6cc(Cl)ccc6O5)(C3)C4)o2)cc1F. The van der Waals surface area contributed by atoms with Crippen LogP contribution in [0, 0.1) is 59.5 Å². The van der Waals surface area contributed by atoms with Crippen molar-refractivity contribution in [1.29, 1.82) is 0 Å². The molecule has 4 aliphatic heterocycles. The summed E-state index contributed by atoms with van der Waals surface area (Å²) in [6, 6.07) is 30.9. The Kier molecular flexibility index (Phi) is 27.9. The van der Waals surface area contributed by atoms with Gasteiger partial charge in [-0.3, -0.25) is 28.8 Å². The number of hydrogen-bond donors (Lipinski definition) is 6. The van der Waals surface area contributed by atoms with Crippen LogP contribution in [0.1, 0.15) is 263 Å². The van der Waals surface area contributed by atoms with Crippen LogP contribution in [0.25, 0.3) is 22.7 Å². The third-order valence-corrected chi connectivity index (χ3v) is 33.2. The summed E-state index contributed by atoms with van der Waals surface area (Å²) < 4.78 is 132. The summed E-state index contributed by atoms with van der Waals surface area (Å²) in [4.78, 5) is 86.3. The minimum absolute atomic E-state index is 0.00935. The quantitative estimate of drug-likeness (QED) is 0.0248. The molecular weight excluding hydrogens is 1900 g/mol. The van der Waals surface area contributed by atoms with Crippen LogP contribution >= 0.6 is 46.4 Å². The summed E-state index contributed by atoms with van der Waals surface area (Å²) in [6.45, 7) is 4.69. The van der Waals surface area contributed by atoms with E-state index >= 15 is 0 Å². The Morgan fingerprint density at radius 2 is 0.864 bits per heavy atom. The molecular formula is C106H115Cl4F6N5O19. The Bertz CT molecular complexity index is 6010. The molecule has 6 heterocycles.